The summed E-state index contributed by atoms with van der Waals surface area (Å²) in [5, 5.41) is 3.96. The van der Waals surface area contributed by atoms with E-state index in [4.69, 9.17) is 0 Å². The fraction of sp³-hybridized carbons (Fsp3) is 0. The molecular weight excluding hydrogens is 530 g/mol. The molecule has 6 heteroatoms. The summed E-state index contributed by atoms with van der Waals surface area (Å²) in [7, 11) is -6.79. The lowest BCUT2D eigenvalue weighted by Gasteiger charge is -2.25. The van der Waals surface area contributed by atoms with Crippen molar-refractivity contribution in [1.29, 1.82) is 0 Å². The van der Waals surface area contributed by atoms with Crippen molar-refractivity contribution < 1.29 is 9.13 Å². The van der Waals surface area contributed by atoms with Crippen LogP contribution in [-0.4, -0.2) is 9.97 Å². The first-order valence-electron chi connectivity index (χ1n) is 13.0. The highest BCUT2D eigenvalue weighted by Gasteiger charge is 2.36. The van der Waals surface area contributed by atoms with E-state index in [1.807, 2.05) is 140 Å². The van der Waals surface area contributed by atoms with Crippen LogP contribution in [0.25, 0.3) is 11.4 Å². The fourth-order valence-corrected chi connectivity index (χ4v) is 10.7. The minimum Gasteiger partial charge on any atom is -0.309 e. The van der Waals surface area contributed by atoms with Gasteiger partial charge in [0.15, 0.2) is 20.1 Å². The Kier molecular flexibility index (Phi) is 7.13. The standard InChI is InChI=1S/C34H26N2O2P2/c37-39(27-14-5-1-6-15-27,28-16-7-2-8-17-28)31-22-23-32(34-35-24-13-25-36-34)33(26-31)40(38,29-18-9-3-10-19-29)30-20-11-4-12-21-30/h1-26H. The number of hydrogen-bond donors (Lipinski definition) is 0. The molecule has 0 spiro atoms. The molecule has 0 aliphatic heterocycles. The van der Waals surface area contributed by atoms with Gasteiger partial charge in [0.1, 0.15) is 0 Å². The van der Waals surface area contributed by atoms with Crippen molar-refractivity contribution >= 4 is 46.1 Å². The number of rotatable bonds is 7. The SMILES string of the molecule is O=P(c1ccccc1)(c1ccccc1)c1ccc(-c2ncccn2)c(P(=O)(c2ccccc2)c2ccccc2)c1. The molecule has 0 saturated heterocycles. The molecule has 0 aliphatic carbocycles. The lowest BCUT2D eigenvalue weighted by Crippen LogP contribution is -2.31. The number of aromatic nitrogens is 2. The highest BCUT2D eigenvalue weighted by molar-refractivity contribution is 7.86. The molecule has 0 unspecified atom stereocenters. The van der Waals surface area contributed by atoms with Crippen molar-refractivity contribution in [3.8, 4) is 11.4 Å². The van der Waals surface area contributed by atoms with Crippen LogP contribution >= 0.6 is 14.3 Å². The van der Waals surface area contributed by atoms with Crippen LogP contribution in [0.4, 0.5) is 0 Å². The predicted molar refractivity (Wildman–Crippen MR) is 166 cm³/mol. The maximum atomic E-state index is 15.6. The van der Waals surface area contributed by atoms with Gasteiger partial charge in [0, 0.05) is 49.8 Å². The van der Waals surface area contributed by atoms with Crippen molar-refractivity contribution in [2.24, 2.45) is 0 Å². The summed E-state index contributed by atoms with van der Waals surface area (Å²) in [6.07, 6.45) is 3.35. The first-order chi connectivity index (χ1) is 19.6. The fourth-order valence-electron chi connectivity index (χ4n) is 5.03. The third kappa shape index (κ3) is 4.56. The largest absolute Gasteiger partial charge is 0.309 e. The zero-order valence-electron chi connectivity index (χ0n) is 21.6. The van der Waals surface area contributed by atoms with Crippen LogP contribution in [0.15, 0.2) is 158 Å². The Balaban J connectivity index is 1.71. The van der Waals surface area contributed by atoms with Crippen LogP contribution < -0.4 is 31.8 Å². The summed E-state index contributed by atoms with van der Waals surface area (Å²) >= 11 is 0. The summed E-state index contributed by atoms with van der Waals surface area (Å²) in [5.74, 6) is 0.463. The molecule has 194 valence electrons. The van der Waals surface area contributed by atoms with Gasteiger partial charge in [-0.25, -0.2) is 9.97 Å². The lowest BCUT2D eigenvalue weighted by molar-refractivity contribution is 0.592. The molecule has 4 nitrogen and oxygen atoms in total. The monoisotopic (exact) mass is 556 g/mol. The van der Waals surface area contributed by atoms with Gasteiger partial charge in [-0.1, -0.05) is 127 Å². The summed E-state index contributed by atoms with van der Waals surface area (Å²) < 4.78 is 30.9. The Morgan fingerprint density at radius 2 is 0.800 bits per heavy atom. The van der Waals surface area contributed by atoms with E-state index in [0.29, 0.717) is 43.2 Å². The van der Waals surface area contributed by atoms with Crippen LogP contribution in [0, 0.1) is 0 Å². The lowest BCUT2D eigenvalue weighted by atomic mass is 10.2. The highest BCUT2D eigenvalue weighted by Crippen LogP contribution is 2.47. The van der Waals surface area contributed by atoms with E-state index in [-0.39, 0.29) is 0 Å². The van der Waals surface area contributed by atoms with Crippen molar-refractivity contribution in [2.75, 3.05) is 0 Å². The van der Waals surface area contributed by atoms with E-state index in [0.717, 1.165) is 0 Å². The van der Waals surface area contributed by atoms with Gasteiger partial charge in [-0.3, -0.25) is 0 Å². The van der Waals surface area contributed by atoms with E-state index in [9.17, 15) is 0 Å². The van der Waals surface area contributed by atoms with Gasteiger partial charge in [0.05, 0.1) is 0 Å². The van der Waals surface area contributed by atoms with Crippen LogP contribution in [0.5, 0.6) is 0 Å². The van der Waals surface area contributed by atoms with Crippen LogP contribution in [0.3, 0.4) is 0 Å². The normalized spacial score (nSPS) is 11.7. The first-order valence-corrected chi connectivity index (χ1v) is 16.4. The van der Waals surface area contributed by atoms with Gasteiger partial charge >= 0.3 is 0 Å². The quantitative estimate of drug-likeness (QED) is 0.247. The summed E-state index contributed by atoms with van der Waals surface area (Å²) in [5.41, 5.74) is 0.646. The van der Waals surface area contributed by atoms with E-state index >= 15 is 9.13 Å². The zero-order chi connectivity index (χ0) is 27.4. The first kappa shape index (κ1) is 25.9. The van der Waals surface area contributed by atoms with Crippen molar-refractivity contribution in [3.05, 3.63) is 158 Å². The topological polar surface area (TPSA) is 59.9 Å². The second kappa shape index (κ2) is 11.0. The summed E-state index contributed by atoms with van der Waals surface area (Å²) in [6.45, 7) is 0. The van der Waals surface area contributed by atoms with E-state index < -0.39 is 14.3 Å². The molecule has 0 bridgehead atoms. The molecule has 1 heterocycles. The Morgan fingerprint density at radius 1 is 0.400 bits per heavy atom. The maximum Gasteiger partial charge on any atom is 0.171 e. The van der Waals surface area contributed by atoms with Crippen LogP contribution in [0.2, 0.25) is 0 Å². The molecule has 40 heavy (non-hydrogen) atoms. The Labute approximate surface area is 234 Å². The molecule has 5 aromatic carbocycles. The molecule has 0 N–H and O–H groups in total. The smallest absolute Gasteiger partial charge is 0.171 e. The van der Waals surface area contributed by atoms with Crippen molar-refractivity contribution in [2.45, 2.75) is 0 Å². The average Bonchev–Trinajstić information content (AvgIpc) is 3.06. The van der Waals surface area contributed by atoms with Gasteiger partial charge in [-0.05, 0) is 18.2 Å². The molecule has 0 fully saturated rings. The number of hydrogen-bond acceptors (Lipinski definition) is 4. The molecule has 0 aliphatic rings. The van der Waals surface area contributed by atoms with Crippen LogP contribution in [-0.2, 0) is 9.13 Å². The third-order valence-corrected chi connectivity index (χ3v) is 13.1. The Morgan fingerprint density at radius 3 is 1.23 bits per heavy atom. The minimum absolute atomic E-state index is 0.463. The molecule has 1 aromatic heterocycles. The van der Waals surface area contributed by atoms with E-state index in [2.05, 4.69) is 9.97 Å². The molecule has 6 rings (SSSR count). The van der Waals surface area contributed by atoms with E-state index in [1.54, 1.807) is 18.5 Å². The highest BCUT2D eigenvalue weighted by atomic mass is 31.2. The third-order valence-electron chi connectivity index (χ3n) is 6.97. The van der Waals surface area contributed by atoms with E-state index in [1.165, 1.54) is 0 Å². The summed E-state index contributed by atoms with van der Waals surface area (Å²) in [6, 6.07) is 45.4. The minimum atomic E-state index is -3.46. The molecular formula is C34H26N2O2P2. The molecule has 0 amide bonds. The van der Waals surface area contributed by atoms with Gasteiger partial charge in [0.2, 0.25) is 0 Å². The maximum absolute atomic E-state index is 15.6. The zero-order valence-corrected chi connectivity index (χ0v) is 23.4. The number of benzene rings is 5. The van der Waals surface area contributed by atoms with Gasteiger partial charge in [0.25, 0.3) is 0 Å². The average molecular weight is 557 g/mol. The number of nitrogens with zero attached hydrogens (tertiary/aromatic N) is 2. The second-order valence-electron chi connectivity index (χ2n) is 9.33. The molecule has 6 aromatic rings. The second-order valence-corrected chi connectivity index (χ2v) is 14.8. The van der Waals surface area contributed by atoms with Crippen molar-refractivity contribution in [1.82, 2.24) is 9.97 Å². The molecule has 0 radical (unpaired) electrons. The van der Waals surface area contributed by atoms with Gasteiger partial charge < -0.3 is 9.13 Å². The van der Waals surface area contributed by atoms with Gasteiger partial charge in [-0.2, -0.15) is 0 Å². The molecule has 0 atom stereocenters. The predicted octanol–water partition coefficient (Wildman–Crippen LogP) is 5.42. The van der Waals surface area contributed by atoms with Crippen molar-refractivity contribution in [3.63, 3.8) is 0 Å². The molecule has 0 saturated carbocycles. The Hall–Kier alpha value is -4.36. The van der Waals surface area contributed by atoms with Crippen LogP contribution in [0.1, 0.15) is 0 Å². The van der Waals surface area contributed by atoms with Gasteiger partial charge in [-0.15, -0.1) is 0 Å². The summed E-state index contributed by atoms with van der Waals surface area (Å²) in [4.78, 5) is 9.03. The Bertz CT molecular complexity index is 1740.